The number of aromatic nitrogens is 2. The van der Waals surface area contributed by atoms with Crippen LogP contribution in [0.3, 0.4) is 0 Å². The number of halogens is 1. The molecule has 0 bridgehead atoms. The van der Waals surface area contributed by atoms with Crippen molar-refractivity contribution in [3.05, 3.63) is 93.5 Å². The Morgan fingerprint density at radius 3 is 2.00 bits per heavy atom. The fourth-order valence-corrected chi connectivity index (χ4v) is 3.79. The van der Waals surface area contributed by atoms with Gasteiger partial charge in [0, 0.05) is 29.1 Å². The van der Waals surface area contributed by atoms with Crippen LogP contribution in [0.5, 0.6) is 11.6 Å². The van der Waals surface area contributed by atoms with E-state index < -0.39 is 17.8 Å². The van der Waals surface area contributed by atoms with Crippen LogP contribution in [-0.2, 0) is 0 Å². The molecule has 0 saturated heterocycles. The van der Waals surface area contributed by atoms with E-state index in [-0.39, 0.29) is 38.2 Å². The molecule has 0 fully saturated rings. The smallest absolute Gasteiger partial charge is 0.344 e. The third-order valence-corrected chi connectivity index (χ3v) is 5.56. The third-order valence-electron chi connectivity index (χ3n) is 5.08. The molecule has 188 valence electrons. The molecule has 0 spiro atoms. The predicted octanol–water partition coefficient (Wildman–Crippen LogP) is 4.86. The molecule has 0 radical (unpaired) electrons. The van der Waals surface area contributed by atoms with E-state index in [0.717, 1.165) is 12.8 Å². The lowest BCUT2D eigenvalue weighted by Gasteiger charge is -2.15. The van der Waals surface area contributed by atoms with Crippen molar-refractivity contribution < 1.29 is 23.9 Å². The van der Waals surface area contributed by atoms with Gasteiger partial charge in [0.2, 0.25) is 5.75 Å². The van der Waals surface area contributed by atoms with Crippen molar-refractivity contribution in [3.63, 3.8) is 0 Å². The highest BCUT2D eigenvalue weighted by Crippen LogP contribution is 2.31. The normalized spacial score (nSPS) is 12.0. The van der Waals surface area contributed by atoms with Crippen molar-refractivity contribution in [2.45, 2.75) is 19.8 Å². The topological polar surface area (TPSA) is 107 Å². The fourth-order valence-electron chi connectivity index (χ4n) is 3.33. The summed E-state index contributed by atoms with van der Waals surface area (Å²) in [5, 5.41) is 2.83. The van der Waals surface area contributed by atoms with E-state index in [1.54, 1.807) is 67.6 Å². The Kier molecular flexibility index (Phi) is 10.3. The number of benzene rings is 2. The van der Waals surface area contributed by atoms with Crippen LogP contribution in [0, 0.1) is 22.1 Å². The lowest BCUT2D eigenvalue weighted by molar-refractivity contribution is 0.0669. The summed E-state index contributed by atoms with van der Waals surface area (Å²) in [6.45, 7) is 2.08. The van der Waals surface area contributed by atoms with Crippen molar-refractivity contribution in [3.8, 4) is 24.0 Å². The Labute approximate surface area is 228 Å². The van der Waals surface area contributed by atoms with Gasteiger partial charge in [0.1, 0.15) is 0 Å². The number of allylic oxidation sites excluding steroid dienone is 2. The number of carbonyl (C=O) groups is 3. The van der Waals surface area contributed by atoms with Crippen molar-refractivity contribution >= 4 is 40.4 Å². The molecule has 0 atom stereocenters. The summed E-state index contributed by atoms with van der Waals surface area (Å²) < 4.78 is 11.1. The number of ether oxygens (including phenoxy) is 2. The first-order valence-corrected chi connectivity index (χ1v) is 12.4. The Balaban J connectivity index is 0.00000121. The number of hydrogen-bond donors (Lipinski definition) is 1. The SMILES string of the molecule is C#CC.O=C(Oc1nc(I)nc(C(=O)NCC2CC=CC2)c1OC(=O)c1ccccc1)c1ccccc1. The van der Waals surface area contributed by atoms with Crippen LogP contribution in [0.1, 0.15) is 51.0 Å². The summed E-state index contributed by atoms with van der Waals surface area (Å²) in [5.41, 5.74) is 0.339. The van der Waals surface area contributed by atoms with E-state index in [1.165, 1.54) is 0 Å². The molecule has 4 rings (SSSR count). The van der Waals surface area contributed by atoms with Crippen LogP contribution in [0.4, 0.5) is 0 Å². The number of carbonyl (C=O) groups excluding carboxylic acids is 3. The van der Waals surface area contributed by atoms with Crippen molar-refractivity contribution in [1.82, 2.24) is 15.3 Å². The maximum atomic E-state index is 13.0. The summed E-state index contributed by atoms with van der Waals surface area (Å²) in [5.74, 6) is -0.103. The van der Waals surface area contributed by atoms with E-state index in [0.29, 0.717) is 6.54 Å². The first kappa shape index (κ1) is 27.5. The molecular formula is C28H24IN3O5. The second-order valence-corrected chi connectivity index (χ2v) is 8.76. The molecule has 1 N–H and O–H groups in total. The standard InChI is InChI=1S/C25H20IN3O5.C3H4/c26-25-28-19(21(30)27-15-16-9-7-8-10-16)20(33-23(31)17-11-3-1-4-12-17)22(29-25)34-24(32)18-13-5-2-6-14-18;1-3-2/h1-8,11-14,16H,9-10,15H2,(H,27,30);1H,2H3. The summed E-state index contributed by atoms with van der Waals surface area (Å²) in [6.07, 6.45) is 10.5. The lowest BCUT2D eigenvalue weighted by Crippen LogP contribution is -2.30. The van der Waals surface area contributed by atoms with E-state index in [9.17, 15) is 14.4 Å². The van der Waals surface area contributed by atoms with Crippen LogP contribution < -0.4 is 14.8 Å². The molecule has 1 amide bonds. The Hall–Kier alpha value is -4.04. The minimum atomic E-state index is -0.739. The van der Waals surface area contributed by atoms with E-state index in [2.05, 4.69) is 39.8 Å². The van der Waals surface area contributed by atoms with Crippen molar-refractivity contribution in [2.24, 2.45) is 5.92 Å². The molecule has 8 nitrogen and oxygen atoms in total. The van der Waals surface area contributed by atoms with E-state index in [4.69, 9.17) is 9.47 Å². The highest BCUT2D eigenvalue weighted by Gasteiger charge is 2.27. The number of terminal acetylenes is 1. The number of hydrogen-bond acceptors (Lipinski definition) is 7. The molecule has 1 heterocycles. The van der Waals surface area contributed by atoms with Crippen LogP contribution in [-0.4, -0.2) is 34.4 Å². The monoisotopic (exact) mass is 609 g/mol. The zero-order chi connectivity index (χ0) is 26.6. The van der Waals surface area contributed by atoms with Gasteiger partial charge in [-0.2, -0.15) is 4.98 Å². The largest absolute Gasteiger partial charge is 0.415 e. The maximum Gasteiger partial charge on any atom is 0.344 e. The molecule has 3 aromatic rings. The zero-order valence-electron chi connectivity index (χ0n) is 20.0. The van der Waals surface area contributed by atoms with Gasteiger partial charge in [0.05, 0.1) is 11.1 Å². The van der Waals surface area contributed by atoms with Crippen LogP contribution in [0.2, 0.25) is 0 Å². The quantitative estimate of drug-likeness (QED) is 0.134. The number of nitrogens with zero attached hydrogens (tertiary/aromatic N) is 2. The average molecular weight is 609 g/mol. The molecular weight excluding hydrogens is 585 g/mol. The van der Waals surface area contributed by atoms with Gasteiger partial charge in [0.15, 0.2) is 9.53 Å². The molecule has 0 unspecified atom stereocenters. The van der Waals surface area contributed by atoms with Gasteiger partial charge in [-0.25, -0.2) is 14.6 Å². The van der Waals surface area contributed by atoms with Gasteiger partial charge < -0.3 is 14.8 Å². The lowest BCUT2D eigenvalue weighted by atomic mass is 10.1. The second kappa shape index (κ2) is 13.9. The molecule has 1 aliphatic rings. The third kappa shape index (κ3) is 7.98. The highest BCUT2D eigenvalue weighted by atomic mass is 127. The van der Waals surface area contributed by atoms with Gasteiger partial charge >= 0.3 is 11.9 Å². The molecule has 0 aliphatic heterocycles. The highest BCUT2D eigenvalue weighted by molar-refractivity contribution is 14.1. The summed E-state index contributed by atoms with van der Waals surface area (Å²) >= 11 is 1.81. The first-order valence-electron chi connectivity index (χ1n) is 11.4. The molecule has 2 aromatic carbocycles. The number of rotatable bonds is 7. The predicted molar refractivity (Wildman–Crippen MR) is 146 cm³/mol. The van der Waals surface area contributed by atoms with Gasteiger partial charge in [-0.3, -0.25) is 4.79 Å². The Morgan fingerprint density at radius 1 is 0.946 bits per heavy atom. The summed E-state index contributed by atoms with van der Waals surface area (Å²) in [6, 6.07) is 16.5. The average Bonchev–Trinajstić information content (AvgIpc) is 3.44. The molecule has 9 heteroatoms. The van der Waals surface area contributed by atoms with Gasteiger partial charge in [0.25, 0.3) is 11.8 Å². The number of amides is 1. The molecule has 1 aliphatic carbocycles. The molecule has 0 saturated carbocycles. The molecule has 37 heavy (non-hydrogen) atoms. The van der Waals surface area contributed by atoms with Crippen LogP contribution in [0.15, 0.2) is 72.8 Å². The zero-order valence-corrected chi connectivity index (χ0v) is 22.2. The number of esters is 2. The van der Waals surface area contributed by atoms with Crippen molar-refractivity contribution in [2.75, 3.05) is 6.54 Å². The summed E-state index contributed by atoms with van der Waals surface area (Å²) in [7, 11) is 0. The van der Waals surface area contributed by atoms with E-state index in [1.807, 2.05) is 22.6 Å². The van der Waals surface area contributed by atoms with Crippen molar-refractivity contribution in [1.29, 1.82) is 0 Å². The Morgan fingerprint density at radius 2 is 1.46 bits per heavy atom. The minimum absolute atomic E-state index is 0.153. The van der Waals surface area contributed by atoms with Crippen LogP contribution in [0.25, 0.3) is 0 Å². The van der Waals surface area contributed by atoms with Crippen LogP contribution >= 0.6 is 22.6 Å². The Bertz CT molecular complexity index is 1310. The first-order chi connectivity index (χ1) is 17.9. The number of nitrogens with one attached hydrogen (secondary N) is 1. The fraction of sp³-hybridized carbons (Fsp3) is 0.179. The van der Waals surface area contributed by atoms with Gasteiger partial charge in [-0.05, 0) is 49.9 Å². The second-order valence-electron chi connectivity index (χ2n) is 7.79. The van der Waals surface area contributed by atoms with Gasteiger partial charge in [-0.15, -0.1) is 12.3 Å². The van der Waals surface area contributed by atoms with E-state index >= 15 is 0 Å². The summed E-state index contributed by atoms with van der Waals surface area (Å²) in [4.78, 5) is 46.8. The van der Waals surface area contributed by atoms with Gasteiger partial charge in [-0.1, -0.05) is 48.6 Å². The maximum absolute atomic E-state index is 13.0. The molecule has 1 aromatic heterocycles. The minimum Gasteiger partial charge on any atom is -0.415 e.